The number of carbonyl (C=O) groups excluding carboxylic acids is 1. The van der Waals surface area contributed by atoms with Crippen molar-refractivity contribution in [1.82, 2.24) is 10.2 Å². The van der Waals surface area contributed by atoms with Gasteiger partial charge >= 0.3 is 0 Å². The molecular weight excluding hydrogens is 244 g/mol. The SMILES string of the molecule is CC(C)(C(=O)NCC[C@@H]1CCOC1)N1CCOCC1. The van der Waals surface area contributed by atoms with Crippen LogP contribution in [0.15, 0.2) is 0 Å². The molecule has 110 valence electrons. The van der Waals surface area contributed by atoms with E-state index < -0.39 is 5.54 Å². The number of carbonyl (C=O) groups is 1. The van der Waals surface area contributed by atoms with Crippen molar-refractivity contribution >= 4 is 5.91 Å². The monoisotopic (exact) mass is 270 g/mol. The molecule has 19 heavy (non-hydrogen) atoms. The Kier molecular flexibility index (Phi) is 5.19. The Morgan fingerprint density at radius 1 is 1.26 bits per heavy atom. The van der Waals surface area contributed by atoms with E-state index in [0.29, 0.717) is 5.92 Å². The first-order chi connectivity index (χ1) is 9.10. The Balaban J connectivity index is 1.73. The highest BCUT2D eigenvalue weighted by Gasteiger charge is 2.35. The minimum absolute atomic E-state index is 0.119. The van der Waals surface area contributed by atoms with Crippen LogP contribution in [0.1, 0.15) is 26.7 Å². The van der Waals surface area contributed by atoms with Gasteiger partial charge in [0.05, 0.1) is 18.8 Å². The Bertz CT molecular complexity index is 295. The summed E-state index contributed by atoms with van der Waals surface area (Å²) in [5.41, 5.74) is -0.448. The second kappa shape index (κ2) is 6.68. The number of nitrogens with zero attached hydrogens (tertiary/aromatic N) is 1. The van der Waals surface area contributed by atoms with Gasteiger partial charge in [0.15, 0.2) is 0 Å². The van der Waals surface area contributed by atoms with Gasteiger partial charge in [0.1, 0.15) is 0 Å². The number of nitrogens with one attached hydrogen (secondary N) is 1. The van der Waals surface area contributed by atoms with E-state index >= 15 is 0 Å². The van der Waals surface area contributed by atoms with E-state index in [-0.39, 0.29) is 5.91 Å². The van der Waals surface area contributed by atoms with Crippen molar-refractivity contribution in [3.63, 3.8) is 0 Å². The third-order valence-electron chi connectivity index (χ3n) is 4.22. The molecule has 2 aliphatic rings. The zero-order chi connectivity index (χ0) is 13.7. The Morgan fingerprint density at radius 3 is 2.63 bits per heavy atom. The molecule has 0 saturated carbocycles. The molecule has 0 spiro atoms. The van der Waals surface area contributed by atoms with Gasteiger partial charge in [0.2, 0.25) is 5.91 Å². The molecule has 2 fully saturated rings. The molecule has 2 aliphatic heterocycles. The molecular formula is C14H26N2O3. The highest BCUT2D eigenvalue weighted by molar-refractivity contribution is 5.85. The van der Waals surface area contributed by atoms with Crippen LogP contribution in [0.5, 0.6) is 0 Å². The third kappa shape index (κ3) is 3.91. The zero-order valence-corrected chi connectivity index (χ0v) is 12.1. The molecule has 0 radical (unpaired) electrons. The van der Waals surface area contributed by atoms with E-state index in [1.54, 1.807) is 0 Å². The molecule has 2 rings (SSSR count). The van der Waals surface area contributed by atoms with E-state index in [1.165, 1.54) is 0 Å². The predicted octanol–water partition coefficient (Wildman–Crippen LogP) is 0.640. The summed E-state index contributed by atoms with van der Waals surface area (Å²) in [5.74, 6) is 0.736. The summed E-state index contributed by atoms with van der Waals surface area (Å²) >= 11 is 0. The first kappa shape index (κ1) is 14.8. The summed E-state index contributed by atoms with van der Waals surface area (Å²) < 4.78 is 10.7. The molecule has 0 aromatic rings. The van der Waals surface area contributed by atoms with Crippen molar-refractivity contribution in [2.24, 2.45) is 5.92 Å². The number of rotatable bonds is 5. The van der Waals surface area contributed by atoms with Crippen LogP contribution in [0.2, 0.25) is 0 Å². The molecule has 0 bridgehead atoms. The Morgan fingerprint density at radius 2 is 2.00 bits per heavy atom. The maximum atomic E-state index is 12.3. The van der Waals surface area contributed by atoms with Crippen molar-refractivity contribution in [1.29, 1.82) is 0 Å². The zero-order valence-electron chi connectivity index (χ0n) is 12.1. The molecule has 0 aromatic heterocycles. The van der Waals surface area contributed by atoms with E-state index in [0.717, 1.165) is 58.9 Å². The van der Waals surface area contributed by atoms with Gasteiger partial charge in [-0.3, -0.25) is 9.69 Å². The normalized spacial score (nSPS) is 25.5. The van der Waals surface area contributed by atoms with E-state index in [4.69, 9.17) is 9.47 Å². The molecule has 1 N–H and O–H groups in total. The molecule has 2 heterocycles. The Labute approximate surface area is 115 Å². The topological polar surface area (TPSA) is 50.8 Å². The summed E-state index contributed by atoms with van der Waals surface area (Å²) in [6.45, 7) is 9.56. The molecule has 5 nitrogen and oxygen atoms in total. The van der Waals surface area contributed by atoms with Crippen molar-refractivity contribution < 1.29 is 14.3 Å². The maximum absolute atomic E-state index is 12.3. The lowest BCUT2D eigenvalue weighted by atomic mass is 10.00. The first-order valence-corrected chi connectivity index (χ1v) is 7.29. The average molecular weight is 270 g/mol. The van der Waals surface area contributed by atoms with Crippen LogP contribution in [0, 0.1) is 5.92 Å². The predicted molar refractivity (Wildman–Crippen MR) is 73.0 cm³/mol. The van der Waals surface area contributed by atoms with E-state index in [9.17, 15) is 4.79 Å². The highest BCUT2D eigenvalue weighted by atomic mass is 16.5. The van der Waals surface area contributed by atoms with Crippen LogP contribution in [0.25, 0.3) is 0 Å². The fourth-order valence-corrected chi connectivity index (χ4v) is 2.68. The quantitative estimate of drug-likeness (QED) is 0.796. The van der Waals surface area contributed by atoms with Gasteiger partial charge in [-0.15, -0.1) is 0 Å². The number of ether oxygens (including phenoxy) is 2. The van der Waals surface area contributed by atoms with Crippen LogP contribution in [0.4, 0.5) is 0 Å². The van der Waals surface area contributed by atoms with Gasteiger partial charge < -0.3 is 14.8 Å². The van der Waals surface area contributed by atoms with Gasteiger partial charge in [0, 0.05) is 32.8 Å². The number of hydrogen-bond acceptors (Lipinski definition) is 4. The first-order valence-electron chi connectivity index (χ1n) is 7.29. The lowest BCUT2D eigenvalue weighted by molar-refractivity contribution is -0.134. The molecule has 1 atom stereocenters. The van der Waals surface area contributed by atoms with Crippen molar-refractivity contribution in [3.8, 4) is 0 Å². The van der Waals surface area contributed by atoms with Crippen LogP contribution in [0.3, 0.4) is 0 Å². The smallest absolute Gasteiger partial charge is 0.239 e. The molecule has 2 saturated heterocycles. The van der Waals surface area contributed by atoms with Gasteiger partial charge in [-0.05, 0) is 32.6 Å². The maximum Gasteiger partial charge on any atom is 0.239 e. The van der Waals surface area contributed by atoms with Gasteiger partial charge in [-0.2, -0.15) is 0 Å². The second-order valence-corrected chi connectivity index (χ2v) is 5.93. The lowest BCUT2D eigenvalue weighted by Crippen LogP contribution is -2.58. The minimum Gasteiger partial charge on any atom is -0.381 e. The number of morpholine rings is 1. The van der Waals surface area contributed by atoms with Crippen molar-refractivity contribution in [2.45, 2.75) is 32.2 Å². The van der Waals surface area contributed by atoms with Crippen molar-refractivity contribution in [3.05, 3.63) is 0 Å². The average Bonchev–Trinajstić information content (AvgIpc) is 2.93. The number of hydrogen-bond donors (Lipinski definition) is 1. The van der Waals surface area contributed by atoms with Gasteiger partial charge in [-0.25, -0.2) is 0 Å². The summed E-state index contributed by atoms with van der Waals surface area (Å²) in [6, 6.07) is 0. The number of amides is 1. The standard InChI is InChI=1S/C14H26N2O3/c1-14(2,16-6-9-18-10-7-16)13(17)15-5-3-12-4-8-19-11-12/h12H,3-11H2,1-2H3,(H,15,17)/t12-/m1/s1. The van der Waals surface area contributed by atoms with Crippen LogP contribution in [-0.4, -0.2) is 62.4 Å². The summed E-state index contributed by atoms with van der Waals surface area (Å²) in [7, 11) is 0. The second-order valence-electron chi connectivity index (χ2n) is 5.93. The highest BCUT2D eigenvalue weighted by Crippen LogP contribution is 2.18. The fourth-order valence-electron chi connectivity index (χ4n) is 2.68. The van der Waals surface area contributed by atoms with E-state index in [2.05, 4.69) is 10.2 Å². The molecule has 0 aromatic carbocycles. The Hall–Kier alpha value is -0.650. The molecule has 0 aliphatic carbocycles. The largest absolute Gasteiger partial charge is 0.381 e. The summed E-state index contributed by atoms with van der Waals surface area (Å²) in [6.07, 6.45) is 2.15. The summed E-state index contributed by atoms with van der Waals surface area (Å²) in [5, 5.41) is 3.07. The van der Waals surface area contributed by atoms with E-state index in [1.807, 2.05) is 13.8 Å². The van der Waals surface area contributed by atoms with Gasteiger partial charge in [-0.1, -0.05) is 0 Å². The lowest BCUT2D eigenvalue weighted by Gasteiger charge is -2.39. The van der Waals surface area contributed by atoms with Crippen molar-refractivity contribution in [2.75, 3.05) is 46.1 Å². The third-order valence-corrected chi connectivity index (χ3v) is 4.22. The molecule has 1 amide bonds. The van der Waals surface area contributed by atoms with Crippen LogP contribution >= 0.6 is 0 Å². The summed E-state index contributed by atoms with van der Waals surface area (Å²) in [4.78, 5) is 14.5. The van der Waals surface area contributed by atoms with Crippen LogP contribution < -0.4 is 5.32 Å². The molecule has 0 unspecified atom stereocenters. The minimum atomic E-state index is -0.448. The fraction of sp³-hybridized carbons (Fsp3) is 0.929. The molecule has 5 heteroatoms. The van der Waals surface area contributed by atoms with Gasteiger partial charge in [0.25, 0.3) is 0 Å². The van der Waals surface area contributed by atoms with Crippen LogP contribution in [-0.2, 0) is 14.3 Å².